The molecule has 2 aliphatic heterocycles. The Kier molecular flexibility index (Phi) is 8.99. The van der Waals surface area contributed by atoms with Crippen LogP contribution in [0.2, 0.25) is 0 Å². The Balaban J connectivity index is 0.00000140. The van der Waals surface area contributed by atoms with Crippen molar-refractivity contribution in [3.05, 3.63) is 56.1 Å². The zero-order valence-electron chi connectivity index (χ0n) is 16.1. The highest BCUT2D eigenvalue weighted by molar-refractivity contribution is 7.07. The second-order valence-electron chi connectivity index (χ2n) is 7.49. The summed E-state index contributed by atoms with van der Waals surface area (Å²) in [6.07, 6.45) is 1.21. The van der Waals surface area contributed by atoms with Crippen LogP contribution in [0.1, 0.15) is 29.2 Å². The van der Waals surface area contributed by atoms with Crippen molar-refractivity contribution < 1.29 is 4.74 Å². The van der Waals surface area contributed by atoms with E-state index in [-0.39, 0.29) is 30.4 Å². The van der Waals surface area contributed by atoms with Gasteiger partial charge >= 0.3 is 0 Å². The van der Waals surface area contributed by atoms with Gasteiger partial charge in [0.1, 0.15) is 0 Å². The molecule has 4 rings (SSSR count). The number of hydrogen-bond acceptors (Lipinski definition) is 5. The Bertz CT molecular complexity index is 797. The summed E-state index contributed by atoms with van der Waals surface area (Å²) in [7, 11) is 1.73. The van der Waals surface area contributed by atoms with Gasteiger partial charge in [-0.25, -0.2) is 0 Å². The molecule has 0 aromatic carbocycles. The Morgan fingerprint density at radius 3 is 2.86 bits per heavy atom. The first-order valence-electron chi connectivity index (χ1n) is 9.40. The number of aromatic nitrogens is 1. The number of pyridine rings is 1. The van der Waals surface area contributed by atoms with Crippen molar-refractivity contribution in [3.8, 4) is 0 Å². The van der Waals surface area contributed by atoms with Gasteiger partial charge in [-0.05, 0) is 47.3 Å². The summed E-state index contributed by atoms with van der Waals surface area (Å²) in [6, 6.07) is 6.39. The van der Waals surface area contributed by atoms with Gasteiger partial charge in [-0.3, -0.25) is 9.69 Å². The number of rotatable bonds is 7. The number of ether oxygens (including phenoxy) is 1. The van der Waals surface area contributed by atoms with Crippen LogP contribution in [0.3, 0.4) is 0 Å². The van der Waals surface area contributed by atoms with Gasteiger partial charge in [0.05, 0.1) is 6.61 Å². The molecular formula is C20H29Cl2N3O2S. The highest BCUT2D eigenvalue weighted by Gasteiger charge is 2.31. The fourth-order valence-electron chi connectivity index (χ4n) is 4.27. The normalized spacial score (nSPS) is 20.2. The van der Waals surface area contributed by atoms with Crippen LogP contribution in [-0.4, -0.2) is 42.8 Å². The molecule has 4 heterocycles. The zero-order chi connectivity index (χ0) is 17.9. The van der Waals surface area contributed by atoms with Crippen molar-refractivity contribution in [1.82, 2.24) is 14.8 Å². The fraction of sp³-hybridized carbons (Fsp3) is 0.550. The standard InChI is InChI=1S/C20H27N3O2S.2ClH/c1-25-6-5-22(11-15-4-7-26-14-15)13-17-2-3-19-18-8-16(9-21-10-18)12-23(19)20(17)24;;/h2-4,7,14,16,18,21H,5-6,8-13H2,1H3;2*1H/t16-,18+;;/m0../s1. The van der Waals surface area contributed by atoms with Crippen LogP contribution in [0.4, 0.5) is 0 Å². The number of halogens is 2. The molecule has 1 saturated heterocycles. The van der Waals surface area contributed by atoms with E-state index in [0.717, 1.165) is 38.3 Å². The van der Waals surface area contributed by atoms with E-state index in [1.165, 1.54) is 17.7 Å². The maximum atomic E-state index is 13.1. The summed E-state index contributed by atoms with van der Waals surface area (Å²) < 4.78 is 7.32. The number of nitrogens with zero attached hydrogens (tertiary/aromatic N) is 2. The Morgan fingerprint density at radius 1 is 1.25 bits per heavy atom. The lowest BCUT2D eigenvalue weighted by atomic mass is 9.84. The number of fused-ring (bicyclic) bond motifs is 4. The van der Waals surface area contributed by atoms with E-state index in [1.54, 1.807) is 18.4 Å². The molecule has 0 saturated carbocycles. The summed E-state index contributed by atoms with van der Waals surface area (Å²) in [5, 5.41) is 7.78. The fourth-order valence-corrected chi connectivity index (χ4v) is 4.93. The molecule has 0 amide bonds. The van der Waals surface area contributed by atoms with Crippen LogP contribution < -0.4 is 10.9 Å². The average Bonchev–Trinajstić information content (AvgIpc) is 3.16. The van der Waals surface area contributed by atoms with Crippen molar-refractivity contribution in [2.24, 2.45) is 5.92 Å². The minimum Gasteiger partial charge on any atom is -0.383 e. The summed E-state index contributed by atoms with van der Waals surface area (Å²) in [4.78, 5) is 15.4. The van der Waals surface area contributed by atoms with Crippen LogP contribution in [-0.2, 0) is 24.4 Å². The molecule has 2 atom stereocenters. The molecule has 156 valence electrons. The number of hydrogen-bond donors (Lipinski definition) is 1. The summed E-state index contributed by atoms with van der Waals surface area (Å²) >= 11 is 1.71. The molecule has 28 heavy (non-hydrogen) atoms. The van der Waals surface area contributed by atoms with Crippen molar-refractivity contribution in [2.75, 3.05) is 33.4 Å². The van der Waals surface area contributed by atoms with Gasteiger partial charge in [-0.15, -0.1) is 24.8 Å². The molecule has 2 aliphatic rings. The molecule has 0 aliphatic carbocycles. The van der Waals surface area contributed by atoms with E-state index in [2.05, 4.69) is 39.2 Å². The highest BCUT2D eigenvalue weighted by Crippen LogP contribution is 2.31. The first-order chi connectivity index (χ1) is 12.7. The number of methoxy groups -OCH3 is 1. The van der Waals surface area contributed by atoms with E-state index in [1.807, 2.05) is 4.57 Å². The minimum atomic E-state index is 0. The zero-order valence-corrected chi connectivity index (χ0v) is 18.6. The van der Waals surface area contributed by atoms with Gasteiger partial charge in [0.25, 0.3) is 5.56 Å². The van der Waals surface area contributed by atoms with Gasteiger partial charge < -0.3 is 14.6 Å². The predicted octanol–water partition coefficient (Wildman–Crippen LogP) is 3.11. The third-order valence-electron chi connectivity index (χ3n) is 5.58. The molecule has 0 radical (unpaired) electrons. The minimum absolute atomic E-state index is 0. The summed E-state index contributed by atoms with van der Waals surface area (Å²) in [5.41, 5.74) is 3.60. The SMILES string of the molecule is COCCN(Cc1ccsc1)Cc1ccc2n(c1=O)C[C@@H]1CNC[C@H]2C1.Cl.Cl. The average molecular weight is 446 g/mol. The van der Waals surface area contributed by atoms with Crippen LogP contribution >= 0.6 is 36.2 Å². The van der Waals surface area contributed by atoms with E-state index in [9.17, 15) is 4.79 Å². The highest BCUT2D eigenvalue weighted by atomic mass is 35.5. The van der Waals surface area contributed by atoms with E-state index in [0.29, 0.717) is 25.0 Å². The van der Waals surface area contributed by atoms with E-state index >= 15 is 0 Å². The molecule has 8 heteroatoms. The lowest BCUT2D eigenvalue weighted by Gasteiger charge is -2.37. The van der Waals surface area contributed by atoms with Crippen molar-refractivity contribution in [2.45, 2.75) is 32.0 Å². The number of thiophene rings is 1. The first kappa shape index (κ1) is 23.4. The smallest absolute Gasteiger partial charge is 0.255 e. The third kappa shape index (κ3) is 5.17. The van der Waals surface area contributed by atoms with E-state index in [4.69, 9.17) is 4.74 Å². The van der Waals surface area contributed by atoms with Crippen molar-refractivity contribution in [1.29, 1.82) is 0 Å². The van der Waals surface area contributed by atoms with Gasteiger partial charge in [-0.1, -0.05) is 6.07 Å². The second-order valence-corrected chi connectivity index (χ2v) is 8.27. The quantitative estimate of drug-likeness (QED) is 0.710. The summed E-state index contributed by atoms with van der Waals surface area (Å²) in [5.74, 6) is 1.07. The molecule has 5 nitrogen and oxygen atoms in total. The Morgan fingerprint density at radius 2 is 2.11 bits per heavy atom. The largest absolute Gasteiger partial charge is 0.383 e. The maximum Gasteiger partial charge on any atom is 0.255 e. The topological polar surface area (TPSA) is 46.5 Å². The molecule has 1 fully saturated rings. The second kappa shape index (κ2) is 10.8. The predicted molar refractivity (Wildman–Crippen MR) is 119 cm³/mol. The third-order valence-corrected chi connectivity index (χ3v) is 6.31. The Labute approximate surface area is 182 Å². The van der Waals surface area contributed by atoms with Crippen LogP contribution in [0, 0.1) is 5.92 Å². The molecule has 0 unspecified atom stereocenters. The summed E-state index contributed by atoms with van der Waals surface area (Å²) in [6.45, 7) is 5.90. The molecular weight excluding hydrogens is 417 g/mol. The van der Waals surface area contributed by atoms with E-state index < -0.39 is 0 Å². The lowest BCUT2D eigenvalue weighted by molar-refractivity contribution is 0.139. The van der Waals surface area contributed by atoms with Crippen LogP contribution in [0.5, 0.6) is 0 Å². The first-order valence-corrected chi connectivity index (χ1v) is 10.3. The van der Waals surface area contributed by atoms with Crippen molar-refractivity contribution >= 4 is 36.2 Å². The molecule has 2 aromatic heterocycles. The number of piperidine rings is 1. The van der Waals surface area contributed by atoms with Gasteiger partial charge in [0, 0.05) is 57.0 Å². The molecule has 1 N–H and O–H groups in total. The maximum absolute atomic E-state index is 13.1. The van der Waals surface area contributed by atoms with Crippen LogP contribution in [0.15, 0.2) is 33.8 Å². The lowest BCUT2D eigenvalue weighted by Crippen LogP contribution is -2.45. The van der Waals surface area contributed by atoms with Crippen LogP contribution in [0.25, 0.3) is 0 Å². The van der Waals surface area contributed by atoms with Gasteiger partial charge in [-0.2, -0.15) is 11.3 Å². The molecule has 2 aromatic rings. The van der Waals surface area contributed by atoms with Gasteiger partial charge in [0.2, 0.25) is 0 Å². The van der Waals surface area contributed by atoms with Crippen molar-refractivity contribution in [3.63, 3.8) is 0 Å². The van der Waals surface area contributed by atoms with Gasteiger partial charge in [0.15, 0.2) is 0 Å². The molecule has 0 spiro atoms. The Hall–Kier alpha value is -0.890. The monoisotopic (exact) mass is 445 g/mol. The number of nitrogens with one attached hydrogen (secondary N) is 1. The molecule has 2 bridgehead atoms.